The molecule has 0 saturated heterocycles. The molecule has 3 aromatic rings. The number of carbonyl (C=O) groups is 1. The van der Waals surface area contributed by atoms with Crippen molar-refractivity contribution in [1.82, 2.24) is 0 Å². The molecule has 0 atom stereocenters. The molecule has 4 heteroatoms. The van der Waals surface area contributed by atoms with E-state index in [1.807, 2.05) is 48.5 Å². The quantitative estimate of drug-likeness (QED) is 0.548. The van der Waals surface area contributed by atoms with Crippen molar-refractivity contribution in [1.29, 1.82) is 0 Å². The zero-order valence-corrected chi connectivity index (χ0v) is 16.4. The smallest absolute Gasteiger partial charge is 0.255 e. The van der Waals surface area contributed by atoms with E-state index in [4.69, 9.17) is 16.3 Å². The van der Waals surface area contributed by atoms with Gasteiger partial charge in [-0.15, -0.1) is 0 Å². The summed E-state index contributed by atoms with van der Waals surface area (Å²) in [6, 6.07) is 22.1. The van der Waals surface area contributed by atoms with Crippen molar-refractivity contribution >= 4 is 23.2 Å². The van der Waals surface area contributed by atoms with Gasteiger partial charge in [0.1, 0.15) is 11.5 Å². The van der Waals surface area contributed by atoms with E-state index >= 15 is 0 Å². The summed E-state index contributed by atoms with van der Waals surface area (Å²) >= 11 is 5.87. The minimum atomic E-state index is -0.137. The number of ether oxygens (including phenoxy) is 1. The largest absolute Gasteiger partial charge is 0.457 e. The van der Waals surface area contributed by atoms with Gasteiger partial charge >= 0.3 is 0 Å². The minimum absolute atomic E-state index is 0.0644. The van der Waals surface area contributed by atoms with Crippen LogP contribution in [0.15, 0.2) is 72.8 Å². The molecule has 3 nitrogen and oxygen atoms in total. The van der Waals surface area contributed by atoms with Gasteiger partial charge in [0.25, 0.3) is 5.91 Å². The molecule has 138 valence electrons. The first kappa shape index (κ1) is 19.0. The topological polar surface area (TPSA) is 38.3 Å². The molecule has 3 aromatic carbocycles. The molecular weight excluding hydrogens is 358 g/mol. The molecule has 0 unspecified atom stereocenters. The third-order valence-electron chi connectivity index (χ3n) is 4.17. The Bertz CT molecular complexity index is 909. The Morgan fingerprint density at radius 2 is 1.33 bits per heavy atom. The van der Waals surface area contributed by atoms with E-state index < -0.39 is 0 Å². The maximum Gasteiger partial charge on any atom is 0.255 e. The molecule has 0 aliphatic carbocycles. The second kappa shape index (κ2) is 7.85. The molecule has 0 heterocycles. The van der Waals surface area contributed by atoms with Crippen LogP contribution in [0.4, 0.5) is 5.69 Å². The predicted molar refractivity (Wildman–Crippen MR) is 111 cm³/mol. The highest BCUT2D eigenvalue weighted by Gasteiger charge is 2.14. The van der Waals surface area contributed by atoms with Crippen LogP contribution in [-0.4, -0.2) is 5.91 Å². The minimum Gasteiger partial charge on any atom is -0.457 e. The molecule has 0 bridgehead atoms. The fourth-order valence-corrected chi connectivity index (χ4v) is 2.70. The van der Waals surface area contributed by atoms with Crippen LogP contribution in [0.1, 0.15) is 36.7 Å². The zero-order chi connectivity index (χ0) is 19.4. The molecule has 0 radical (unpaired) electrons. The molecule has 1 N–H and O–H groups in total. The number of hydrogen-bond acceptors (Lipinski definition) is 2. The fraction of sp³-hybridized carbons (Fsp3) is 0.174. The third-order valence-corrected chi connectivity index (χ3v) is 4.43. The van der Waals surface area contributed by atoms with Crippen LogP contribution in [-0.2, 0) is 5.41 Å². The second-order valence-corrected chi connectivity index (χ2v) is 7.80. The van der Waals surface area contributed by atoms with Gasteiger partial charge in [0, 0.05) is 16.3 Å². The molecular formula is C23H22ClNO2. The van der Waals surface area contributed by atoms with E-state index in [0.717, 1.165) is 0 Å². The number of amides is 1. The van der Waals surface area contributed by atoms with Gasteiger partial charge in [-0.3, -0.25) is 4.79 Å². The van der Waals surface area contributed by atoms with E-state index in [0.29, 0.717) is 27.8 Å². The average molecular weight is 380 g/mol. The van der Waals surface area contributed by atoms with E-state index in [-0.39, 0.29) is 11.3 Å². The first-order valence-electron chi connectivity index (χ1n) is 8.77. The lowest BCUT2D eigenvalue weighted by molar-refractivity contribution is 0.102. The standard InChI is InChI=1S/C23H22ClNO2/c1-23(2,3)17-6-4-16(5-7-17)22(26)25-19-10-14-21(15-11-19)27-20-12-8-18(24)9-13-20/h4-15H,1-3H3,(H,25,26). The molecule has 0 aliphatic heterocycles. The van der Waals surface area contributed by atoms with Gasteiger partial charge in [0.2, 0.25) is 0 Å². The average Bonchev–Trinajstić information content (AvgIpc) is 2.64. The van der Waals surface area contributed by atoms with Crippen LogP contribution in [0, 0.1) is 0 Å². The summed E-state index contributed by atoms with van der Waals surface area (Å²) in [5.74, 6) is 1.25. The van der Waals surface area contributed by atoms with Crippen LogP contribution in [0.25, 0.3) is 0 Å². The SMILES string of the molecule is CC(C)(C)c1ccc(C(=O)Nc2ccc(Oc3ccc(Cl)cc3)cc2)cc1. The molecule has 0 aromatic heterocycles. The molecule has 0 saturated carbocycles. The summed E-state index contributed by atoms with van der Waals surface area (Å²) in [7, 11) is 0. The van der Waals surface area contributed by atoms with Gasteiger partial charge in [0.05, 0.1) is 0 Å². The van der Waals surface area contributed by atoms with Crippen LogP contribution >= 0.6 is 11.6 Å². The monoisotopic (exact) mass is 379 g/mol. The van der Waals surface area contributed by atoms with Crippen molar-refractivity contribution in [3.05, 3.63) is 88.9 Å². The Morgan fingerprint density at radius 3 is 1.85 bits per heavy atom. The molecule has 0 spiro atoms. The Kier molecular flexibility index (Phi) is 5.52. The number of halogens is 1. The second-order valence-electron chi connectivity index (χ2n) is 7.36. The maximum atomic E-state index is 12.4. The fourth-order valence-electron chi connectivity index (χ4n) is 2.57. The maximum absolute atomic E-state index is 12.4. The predicted octanol–water partition coefficient (Wildman–Crippen LogP) is 6.68. The Hall–Kier alpha value is -2.78. The van der Waals surface area contributed by atoms with E-state index in [9.17, 15) is 4.79 Å². The van der Waals surface area contributed by atoms with Crippen molar-refractivity contribution in [3.63, 3.8) is 0 Å². The molecule has 0 fully saturated rings. The first-order valence-corrected chi connectivity index (χ1v) is 9.14. The van der Waals surface area contributed by atoms with Gasteiger partial charge in [0.15, 0.2) is 0 Å². The van der Waals surface area contributed by atoms with Gasteiger partial charge in [-0.05, 0) is 71.6 Å². The van der Waals surface area contributed by atoms with E-state index in [1.165, 1.54) is 5.56 Å². The van der Waals surface area contributed by atoms with Gasteiger partial charge in [-0.1, -0.05) is 44.5 Å². The number of nitrogens with one attached hydrogen (secondary N) is 1. The number of carbonyl (C=O) groups excluding carboxylic acids is 1. The van der Waals surface area contributed by atoms with E-state index in [2.05, 4.69) is 26.1 Å². The highest BCUT2D eigenvalue weighted by Crippen LogP contribution is 2.25. The lowest BCUT2D eigenvalue weighted by atomic mass is 9.87. The van der Waals surface area contributed by atoms with Crippen molar-refractivity contribution in [3.8, 4) is 11.5 Å². The van der Waals surface area contributed by atoms with Gasteiger partial charge < -0.3 is 10.1 Å². The van der Waals surface area contributed by atoms with Crippen LogP contribution in [0.3, 0.4) is 0 Å². The highest BCUT2D eigenvalue weighted by atomic mass is 35.5. The third kappa shape index (κ3) is 5.11. The summed E-state index contributed by atoms with van der Waals surface area (Å²) in [5, 5.41) is 3.57. The van der Waals surface area contributed by atoms with Gasteiger partial charge in [-0.2, -0.15) is 0 Å². The number of anilines is 1. The number of rotatable bonds is 4. The van der Waals surface area contributed by atoms with Crippen LogP contribution < -0.4 is 10.1 Å². The number of benzene rings is 3. The summed E-state index contributed by atoms with van der Waals surface area (Å²) in [5.41, 5.74) is 2.60. The van der Waals surface area contributed by atoms with Crippen molar-refractivity contribution in [2.24, 2.45) is 0 Å². The van der Waals surface area contributed by atoms with Crippen LogP contribution in [0.5, 0.6) is 11.5 Å². The summed E-state index contributed by atoms with van der Waals surface area (Å²) in [4.78, 5) is 12.4. The molecule has 0 aliphatic rings. The van der Waals surface area contributed by atoms with Crippen molar-refractivity contribution < 1.29 is 9.53 Å². The Morgan fingerprint density at radius 1 is 0.815 bits per heavy atom. The Labute approximate surface area is 164 Å². The molecule has 27 heavy (non-hydrogen) atoms. The molecule has 3 rings (SSSR count). The van der Waals surface area contributed by atoms with Crippen molar-refractivity contribution in [2.45, 2.75) is 26.2 Å². The van der Waals surface area contributed by atoms with Gasteiger partial charge in [-0.25, -0.2) is 0 Å². The number of hydrogen-bond donors (Lipinski definition) is 1. The highest BCUT2D eigenvalue weighted by molar-refractivity contribution is 6.30. The zero-order valence-electron chi connectivity index (χ0n) is 15.6. The normalized spacial score (nSPS) is 11.1. The summed E-state index contributed by atoms with van der Waals surface area (Å²) < 4.78 is 5.75. The first-order chi connectivity index (χ1) is 12.8. The lowest BCUT2D eigenvalue weighted by Crippen LogP contribution is -2.14. The molecule has 1 amide bonds. The lowest BCUT2D eigenvalue weighted by Gasteiger charge is -2.19. The summed E-state index contributed by atoms with van der Waals surface area (Å²) in [6.45, 7) is 6.45. The summed E-state index contributed by atoms with van der Waals surface area (Å²) in [6.07, 6.45) is 0. The van der Waals surface area contributed by atoms with E-state index in [1.54, 1.807) is 24.3 Å². The van der Waals surface area contributed by atoms with Crippen LogP contribution in [0.2, 0.25) is 5.02 Å². The van der Waals surface area contributed by atoms with Crippen molar-refractivity contribution in [2.75, 3.05) is 5.32 Å². The Balaban J connectivity index is 1.63.